The van der Waals surface area contributed by atoms with Crippen LogP contribution in [0.3, 0.4) is 0 Å². The third-order valence-electron chi connectivity index (χ3n) is 2.17. The minimum atomic E-state index is -2.73. The lowest BCUT2D eigenvalue weighted by molar-refractivity contribution is -0.00344. The van der Waals surface area contributed by atoms with Gasteiger partial charge in [-0.2, -0.15) is 0 Å². The highest BCUT2D eigenvalue weighted by Gasteiger charge is 2.15. The predicted molar refractivity (Wildman–Crippen MR) is 59.2 cm³/mol. The molecule has 2 N–H and O–H groups in total. The fraction of sp³-hybridized carbons (Fsp3) is 0.545. The molecule has 1 rings (SSSR count). The number of aromatic nitrogens is 1. The van der Waals surface area contributed by atoms with Crippen molar-refractivity contribution in [1.82, 2.24) is 10.3 Å². The van der Waals surface area contributed by atoms with E-state index in [-0.39, 0.29) is 6.54 Å². The van der Waals surface area contributed by atoms with Crippen LogP contribution >= 0.6 is 0 Å². The topological polar surface area (TPSA) is 54.4 Å². The molecule has 0 aliphatic carbocycles. The number of ether oxygens (including phenoxy) is 1. The van der Waals surface area contributed by atoms with E-state index in [0.29, 0.717) is 18.0 Å². The van der Waals surface area contributed by atoms with Gasteiger partial charge in [0.05, 0.1) is 12.8 Å². The zero-order chi connectivity index (χ0) is 12.8. The van der Waals surface area contributed by atoms with Crippen molar-refractivity contribution >= 4 is 0 Å². The zero-order valence-corrected chi connectivity index (χ0v) is 9.78. The minimum absolute atomic E-state index is 0.171. The molecular formula is C11H16F2N2O2. The third-order valence-corrected chi connectivity index (χ3v) is 2.17. The second-order valence-electron chi connectivity index (χ2n) is 3.67. The van der Waals surface area contributed by atoms with Crippen LogP contribution in [0.25, 0.3) is 0 Å². The van der Waals surface area contributed by atoms with Gasteiger partial charge >= 0.3 is 0 Å². The summed E-state index contributed by atoms with van der Waals surface area (Å²) in [7, 11) is 1.55. The molecule has 17 heavy (non-hydrogen) atoms. The molecule has 4 nitrogen and oxygen atoms in total. The number of rotatable bonds is 6. The van der Waals surface area contributed by atoms with E-state index >= 15 is 0 Å². The molecule has 0 aliphatic rings. The minimum Gasteiger partial charge on any atom is -0.497 e. The number of nitrogens with one attached hydrogen (secondary N) is 1. The van der Waals surface area contributed by atoms with E-state index in [1.807, 2.05) is 6.92 Å². The van der Waals surface area contributed by atoms with Crippen molar-refractivity contribution in [2.75, 3.05) is 13.7 Å². The van der Waals surface area contributed by atoms with E-state index in [9.17, 15) is 8.78 Å². The van der Waals surface area contributed by atoms with E-state index in [4.69, 9.17) is 9.84 Å². The molecule has 96 valence electrons. The molecule has 0 amide bonds. The van der Waals surface area contributed by atoms with Gasteiger partial charge in [0, 0.05) is 30.9 Å². The van der Waals surface area contributed by atoms with Crippen molar-refractivity contribution in [2.24, 2.45) is 0 Å². The maximum Gasteiger partial charge on any atom is 0.265 e. The van der Waals surface area contributed by atoms with E-state index in [1.165, 1.54) is 0 Å². The second-order valence-corrected chi connectivity index (χ2v) is 3.67. The number of aliphatic hydroxyl groups excluding tert-OH is 1. The summed E-state index contributed by atoms with van der Waals surface area (Å²) in [6.45, 7) is 1.96. The van der Waals surface area contributed by atoms with Crippen LogP contribution in [0.2, 0.25) is 0 Å². The van der Waals surface area contributed by atoms with Crippen LogP contribution in [0, 0.1) is 6.92 Å². The lowest BCUT2D eigenvalue weighted by atomic mass is 10.3. The van der Waals surface area contributed by atoms with Crippen LogP contribution in [-0.2, 0) is 6.54 Å². The van der Waals surface area contributed by atoms with Gasteiger partial charge in [0.25, 0.3) is 6.43 Å². The van der Waals surface area contributed by atoms with Gasteiger partial charge in [-0.25, -0.2) is 8.78 Å². The summed E-state index contributed by atoms with van der Waals surface area (Å²) in [6, 6.07) is 3.49. The van der Waals surface area contributed by atoms with Crippen LogP contribution in [0.4, 0.5) is 8.78 Å². The Morgan fingerprint density at radius 1 is 1.47 bits per heavy atom. The summed E-state index contributed by atoms with van der Waals surface area (Å²) >= 11 is 0. The molecule has 6 heteroatoms. The van der Waals surface area contributed by atoms with Gasteiger partial charge in [0.15, 0.2) is 0 Å². The smallest absolute Gasteiger partial charge is 0.265 e. The van der Waals surface area contributed by atoms with Gasteiger partial charge in [0.2, 0.25) is 0 Å². The van der Waals surface area contributed by atoms with E-state index in [0.717, 1.165) is 5.69 Å². The number of pyridine rings is 1. The number of aryl methyl sites for hydroxylation is 1. The molecule has 0 fully saturated rings. The normalized spacial score (nSPS) is 12.8. The first kappa shape index (κ1) is 13.8. The lowest BCUT2D eigenvalue weighted by Gasteiger charge is -2.11. The Morgan fingerprint density at radius 3 is 2.76 bits per heavy atom. The van der Waals surface area contributed by atoms with Crippen LogP contribution in [0.5, 0.6) is 5.75 Å². The maximum atomic E-state index is 12.0. The molecule has 1 atom stereocenters. The summed E-state index contributed by atoms with van der Waals surface area (Å²) in [5, 5.41) is 11.6. The summed E-state index contributed by atoms with van der Waals surface area (Å²) in [5.41, 5.74) is 1.47. The molecule has 0 spiro atoms. The first-order valence-electron chi connectivity index (χ1n) is 5.21. The highest BCUT2D eigenvalue weighted by Crippen LogP contribution is 2.13. The predicted octanol–water partition coefficient (Wildman–Crippen LogP) is 1.11. The van der Waals surface area contributed by atoms with Gasteiger partial charge < -0.3 is 15.2 Å². The maximum absolute atomic E-state index is 12.0. The largest absolute Gasteiger partial charge is 0.497 e. The fourth-order valence-corrected chi connectivity index (χ4v) is 1.35. The molecule has 1 heterocycles. The van der Waals surface area contributed by atoms with Crippen molar-refractivity contribution in [3.63, 3.8) is 0 Å². The highest BCUT2D eigenvalue weighted by atomic mass is 19.3. The Morgan fingerprint density at radius 2 is 2.18 bits per heavy atom. The van der Waals surface area contributed by atoms with Crippen LogP contribution < -0.4 is 10.1 Å². The van der Waals surface area contributed by atoms with Gasteiger partial charge in [-0.05, 0) is 6.92 Å². The number of methoxy groups -OCH3 is 1. The number of nitrogens with zero attached hydrogens (tertiary/aromatic N) is 1. The molecule has 1 aromatic rings. The van der Waals surface area contributed by atoms with Gasteiger partial charge in [-0.15, -0.1) is 0 Å². The van der Waals surface area contributed by atoms with Crippen molar-refractivity contribution in [1.29, 1.82) is 0 Å². The Balaban J connectivity index is 2.49. The average Bonchev–Trinajstić information content (AvgIpc) is 2.27. The SMILES string of the molecule is COc1cc(C)nc(CNCC(O)C(F)F)c1. The summed E-state index contributed by atoms with van der Waals surface area (Å²) in [5.74, 6) is 0.670. The number of halogens is 2. The summed E-state index contributed by atoms with van der Waals surface area (Å²) in [4.78, 5) is 4.21. The first-order valence-corrected chi connectivity index (χ1v) is 5.21. The average molecular weight is 246 g/mol. The Kier molecular flexibility index (Phi) is 5.24. The summed E-state index contributed by atoms with van der Waals surface area (Å²) < 4.78 is 29.1. The van der Waals surface area contributed by atoms with Gasteiger partial charge in [-0.3, -0.25) is 4.98 Å². The monoisotopic (exact) mass is 246 g/mol. The molecule has 0 aliphatic heterocycles. The van der Waals surface area contributed by atoms with E-state index in [2.05, 4.69) is 10.3 Å². The van der Waals surface area contributed by atoms with Crippen LogP contribution in [0.1, 0.15) is 11.4 Å². The molecule has 1 aromatic heterocycles. The molecule has 1 unspecified atom stereocenters. The van der Waals surface area contributed by atoms with E-state index in [1.54, 1.807) is 19.2 Å². The van der Waals surface area contributed by atoms with Crippen molar-refractivity contribution in [2.45, 2.75) is 26.0 Å². The Hall–Kier alpha value is -1.27. The third kappa shape index (κ3) is 4.62. The fourth-order valence-electron chi connectivity index (χ4n) is 1.35. The molecule has 0 saturated carbocycles. The number of hydrogen-bond acceptors (Lipinski definition) is 4. The first-order chi connectivity index (χ1) is 8.02. The molecule has 0 saturated heterocycles. The van der Waals surface area contributed by atoms with Crippen molar-refractivity contribution < 1.29 is 18.6 Å². The van der Waals surface area contributed by atoms with Crippen LogP contribution in [0.15, 0.2) is 12.1 Å². The Labute approximate surface area is 98.6 Å². The molecular weight excluding hydrogens is 230 g/mol. The quantitative estimate of drug-likeness (QED) is 0.789. The second kappa shape index (κ2) is 6.46. The number of aliphatic hydroxyl groups is 1. The van der Waals surface area contributed by atoms with Crippen molar-refractivity contribution in [3.05, 3.63) is 23.5 Å². The Bertz CT molecular complexity index is 361. The van der Waals surface area contributed by atoms with E-state index < -0.39 is 12.5 Å². The molecule has 0 bridgehead atoms. The standard InChI is InChI=1S/C11H16F2N2O2/c1-7-3-9(17-2)4-8(15-7)5-14-6-10(16)11(12)13/h3-4,10-11,14,16H,5-6H2,1-2H3. The van der Waals surface area contributed by atoms with Crippen LogP contribution in [-0.4, -0.2) is 36.3 Å². The number of alkyl halides is 2. The lowest BCUT2D eigenvalue weighted by Crippen LogP contribution is -2.31. The summed E-state index contributed by atoms with van der Waals surface area (Å²) in [6.07, 6.45) is -4.38. The van der Waals surface area contributed by atoms with Gasteiger partial charge in [-0.1, -0.05) is 0 Å². The zero-order valence-electron chi connectivity index (χ0n) is 9.78. The number of hydrogen-bond donors (Lipinski definition) is 2. The molecule has 0 aromatic carbocycles. The highest BCUT2D eigenvalue weighted by molar-refractivity contribution is 5.26. The van der Waals surface area contributed by atoms with Crippen molar-refractivity contribution in [3.8, 4) is 5.75 Å². The molecule has 0 radical (unpaired) electrons. The van der Waals surface area contributed by atoms with Gasteiger partial charge in [0.1, 0.15) is 11.9 Å².